The van der Waals surface area contributed by atoms with Gasteiger partial charge in [-0.25, -0.2) is 13.8 Å². The first kappa shape index (κ1) is 19.2. The number of aromatic nitrogens is 1. The predicted molar refractivity (Wildman–Crippen MR) is 90.8 cm³/mol. The van der Waals surface area contributed by atoms with Gasteiger partial charge in [-0.15, -0.1) is 0 Å². The standard InChI is InChI=1S/C18H18F2N2O4/c1-2-6-25-17-5-3-4-15(22-17)11-7-13(19)18(14(20)8-11)26-10-12(23)9-16(21)24/h3-5,7-9,23H,2,6,10H2,1H3,(H2,21,24)/b12-9-. The SMILES string of the molecule is CCCOc1cccc(-c2cc(F)c(OC/C(O)=C/C(N)=O)c(F)c2)n1. The maximum absolute atomic E-state index is 14.2. The number of hydrogen-bond acceptors (Lipinski definition) is 5. The summed E-state index contributed by atoms with van der Waals surface area (Å²) in [7, 11) is 0. The molecule has 0 aliphatic carbocycles. The van der Waals surface area contributed by atoms with Crippen LogP contribution < -0.4 is 15.2 Å². The molecule has 8 heteroatoms. The Morgan fingerprint density at radius 3 is 2.58 bits per heavy atom. The molecule has 26 heavy (non-hydrogen) atoms. The van der Waals surface area contributed by atoms with Gasteiger partial charge in [-0.05, 0) is 24.6 Å². The normalized spacial score (nSPS) is 11.3. The van der Waals surface area contributed by atoms with Gasteiger partial charge in [-0.1, -0.05) is 13.0 Å². The molecule has 1 amide bonds. The van der Waals surface area contributed by atoms with Crippen LogP contribution in [-0.4, -0.2) is 29.2 Å². The van der Waals surface area contributed by atoms with Crippen molar-refractivity contribution in [3.8, 4) is 22.9 Å². The highest BCUT2D eigenvalue weighted by Gasteiger charge is 2.15. The van der Waals surface area contributed by atoms with Crippen molar-refractivity contribution in [3.63, 3.8) is 0 Å². The fourth-order valence-corrected chi connectivity index (χ4v) is 2.06. The maximum Gasteiger partial charge on any atom is 0.244 e. The monoisotopic (exact) mass is 364 g/mol. The zero-order valence-electron chi connectivity index (χ0n) is 14.0. The molecule has 0 atom stereocenters. The maximum atomic E-state index is 14.2. The summed E-state index contributed by atoms with van der Waals surface area (Å²) in [6, 6.07) is 7.02. The Morgan fingerprint density at radius 1 is 1.27 bits per heavy atom. The van der Waals surface area contributed by atoms with Gasteiger partial charge in [0, 0.05) is 17.7 Å². The molecule has 0 radical (unpaired) electrons. The lowest BCUT2D eigenvalue weighted by molar-refractivity contribution is -0.113. The Hall–Kier alpha value is -3.16. The largest absolute Gasteiger partial charge is 0.508 e. The van der Waals surface area contributed by atoms with E-state index in [2.05, 4.69) is 4.98 Å². The third kappa shape index (κ3) is 5.17. The highest BCUT2D eigenvalue weighted by Crippen LogP contribution is 2.29. The van der Waals surface area contributed by atoms with Crippen molar-refractivity contribution < 1.29 is 28.2 Å². The minimum Gasteiger partial charge on any atom is -0.508 e. The highest BCUT2D eigenvalue weighted by atomic mass is 19.1. The van der Waals surface area contributed by atoms with Crippen molar-refractivity contribution in [2.45, 2.75) is 13.3 Å². The van der Waals surface area contributed by atoms with Crippen LogP contribution in [0.3, 0.4) is 0 Å². The van der Waals surface area contributed by atoms with E-state index >= 15 is 0 Å². The Morgan fingerprint density at radius 2 is 1.96 bits per heavy atom. The van der Waals surface area contributed by atoms with Crippen LogP contribution in [0.1, 0.15) is 13.3 Å². The van der Waals surface area contributed by atoms with Crippen LogP contribution in [0.25, 0.3) is 11.3 Å². The number of rotatable bonds is 8. The molecule has 0 aliphatic rings. The van der Waals surface area contributed by atoms with Crippen molar-refractivity contribution in [3.05, 3.63) is 53.8 Å². The summed E-state index contributed by atoms with van der Waals surface area (Å²) in [6.45, 7) is 1.83. The zero-order valence-corrected chi connectivity index (χ0v) is 14.0. The lowest BCUT2D eigenvalue weighted by atomic mass is 10.1. The first-order chi connectivity index (χ1) is 12.4. The number of benzene rings is 1. The quantitative estimate of drug-likeness (QED) is 0.554. The fraction of sp³-hybridized carbons (Fsp3) is 0.222. The fourth-order valence-electron chi connectivity index (χ4n) is 2.06. The number of nitrogens with two attached hydrogens (primary N) is 1. The topological polar surface area (TPSA) is 94.7 Å². The molecule has 1 aromatic heterocycles. The second-order valence-electron chi connectivity index (χ2n) is 5.31. The van der Waals surface area contributed by atoms with Gasteiger partial charge in [0.25, 0.3) is 0 Å². The molecule has 0 fully saturated rings. The van der Waals surface area contributed by atoms with E-state index in [0.29, 0.717) is 24.3 Å². The summed E-state index contributed by atoms with van der Waals surface area (Å²) in [6.07, 6.45) is 1.49. The number of primary amides is 1. The van der Waals surface area contributed by atoms with Gasteiger partial charge in [0.15, 0.2) is 17.4 Å². The Kier molecular flexibility index (Phi) is 6.48. The van der Waals surface area contributed by atoms with E-state index in [1.54, 1.807) is 18.2 Å². The Bertz CT molecular complexity index is 802. The van der Waals surface area contributed by atoms with Crippen molar-refractivity contribution in [2.24, 2.45) is 5.73 Å². The molecular weight excluding hydrogens is 346 g/mol. The van der Waals surface area contributed by atoms with E-state index in [-0.39, 0.29) is 5.56 Å². The summed E-state index contributed by atoms with van der Waals surface area (Å²) >= 11 is 0. The van der Waals surface area contributed by atoms with E-state index in [0.717, 1.165) is 18.6 Å². The van der Waals surface area contributed by atoms with Gasteiger partial charge in [0.05, 0.1) is 12.3 Å². The number of halogens is 2. The molecule has 1 heterocycles. The van der Waals surface area contributed by atoms with Gasteiger partial charge in [0.2, 0.25) is 11.8 Å². The molecule has 3 N–H and O–H groups in total. The molecular formula is C18H18F2N2O4. The average Bonchev–Trinajstić information content (AvgIpc) is 2.58. The predicted octanol–water partition coefficient (Wildman–Crippen LogP) is 3.12. The van der Waals surface area contributed by atoms with Crippen molar-refractivity contribution >= 4 is 5.91 Å². The highest BCUT2D eigenvalue weighted by molar-refractivity contribution is 5.86. The summed E-state index contributed by atoms with van der Waals surface area (Å²) in [5.74, 6) is -3.74. The van der Waals surface area contributed by atoms with E-state index in [1.807, 2.05) is 6.92 Å². The number of pyridine rings is 1. The van der Waals surface area contributed by atoms with Crippen LogP contribution in [0.15, 0.2) is 42.2 Å². The molecule has 0 spiro atoms. The van der Waals surface area contributed by atoms with Crippen LogP contribution in [0, 0.1) is 11.6 Å². The number of aliphatic hydroxyl groups excluding tert-OH is 1. The van der Waals surface area contributed by atoms with E-state index in [1.165, 1.54) is 0 Å². The van der Waals surface area contributed by atoms with Crippen LogP contribution >= 0.6 is 0 Å². The first-order valence-corrected chi connectivity index (χ1v) is 7.81. The average molecular weight is 364 g/mol. The molecule has 0 saturated carbocycles. The lowest BCUT2D eigenvalue weighted by Gasteiger charge is -2.10. The molecule has 0 bridgehead atoms. The van der Waals surface area contributed by atoms with Crippen LogP contribution in [0.2, 0.25) is 0 Å². The molecule has 1 aromatic carbocycles. The number of carbonyl (C=O) groups excluding carboxylic acids is 1. The lowest BCUT2D eigenvalue weighted by Crippen LogP contribution is -2.11. The number of aliphatic hydroxyl groups is 1. The van der Waals surface area contributed by atoms with Gasteiger partial charge in [-0.3, -0.25) is 4.79 Å². The Balaban J connectivity index is 2.22. The second-order valence-corrected chi connectivity index (χ2v) is 5.31. The first-order valence-electron chi connectivity index (χ1n) is 7.81. The molecule has 0 saturated heterocycles. The summed E-state index contributed by atoms with van der Waals surface area (Å²) in [4.78, 5) is 14.8. The number of nitrogens with zero attached hydrogens (tertiary/aromatic N) is 1. The smallest absolute Gasteiger partial charge is 0.244 e. The molecule has 0 aliphatic heterocycles. The van der Waals surface area contributed by atoms with Gasteiger partial charge >= 0.3 is 0 Å². The molecule has 2 aromatic rings. The number of amides is 1. The molecule has 2 rings (SSSR count). The summed E-state index contributed by atoms with van der Waals surface area (Å²) < 4.78 is 38.7. The minimum atomic E-state index is -0.978. The van der Waals surface area contributed by atoms with Crippen molar-refractivity contribution in [2.75, 3.05) is 13.2 Å². The Labute approximate surface area is 148 Å². The molecule has 6 nitrogen and oxygen atoms in total. The van der Waals surface area contributed by atoms with E-state index in [4.69, 9.17) is 15.2 Å². The zero-order chi connectivity index (χ0) is 19.1. The summed E-state index contributed by atoms with van der Waals surface area (Å²) in [5.41, 5.74) is 5.39. The number of ether oxygens (including phenoxy) is 2. The molecule has 0 unspecified atom stereocenters. The molecule has 138 valence electrons. The van der Waals surface area contributed by atoms with Gasteiger partial charge < -0.3 is 20.3 Å². The number of hydrogen-bond donors (Lipinski definition) is 2. The third-order valence-electron chi connectivity index (χ3n) is 3.14. The van der Waals surface area contributed by atoms with E-state index in [9.17, 15) is 18.7 Å². The van der Waals surface area contributed by atoms with Crippen molar-refractivity contribution in [1.29, 1.82) is 0 Å². The third-order valence-corrected chi connectivity index (χ3v) is 3.14. The van der Waals surface area contributed by atoms with Crippen molar-refractivity contribution in [1.82, 2.24) is 4.98 Å². The second kappa shape index (κ2) is 8.80. The minimum absolute atomic E-state index is 0.200. The summed E-state index contributed by atoms with van der Waals surface area (Å²) in [5, 5.41) is 9.36. The van der Waals surface area contributed by atoms with E-state index < -0.39 is 35.7 Å². The van der Waals surface area contributed by atoms with Gasteiger partial charge in [-0.2, -0.15) is 0 Å². The van der Waals surface area contributed by atoms with Crippen LogP contribution in [0.5, 0.6) is 11.6 Å². The number of carbonyl (C=O) groups is 1. The van der Waals surface area contributed by atoms with Crippen LogP contribution in [-0.2, 0) is 4.79 Å². The van der Waals surface area contributed by atoms with Crippen LogP contribution in [0.4, 0.5) is 8.78 Å². The van der Waals surface area contributed by atoms with Gasteiger partial charge in [0.1, 0.15) is 12.4 Å².